The van der Waals surface area contributed by atoms with Crippen molar-refractivity contribution in [3.8, 4) is 0 Å². The van der Waals surface area contributed by atoms with Crippen molar-refractivity contribution in [1.29, 1.82) is 0 Å². The van der Waals surface area contributed by atoms with Crippen LogP contribution in [0.2, 0.25) is 0 Å². The number of carbonyl (C=O) groups excluding carboxylic acids is 1. The Bertz CT molecular complexity index is 570. The second-order valence-electron chi connectivity index (χ2n) is 4.83. The van der Waals surface area contributed by atoms with Crippen molar-refractivity contribution in [2.75, 3.05) is 26.2 Å². The minimum atomic E-state index is -3.47. The van der Waals surface area contributed by atoms with E-state index in [1.807, 2.05) is 0 Å². The number of carbonyl (C=O) groups is 1. The molecule has 1 unspecified atom stereocenters. The van der Waals surface area contributed by atoms with Gasteiger partial charge in [0.25, 0.3) is 0 Å². The van der Waals surface area contributed by atoms with Gasteiger partial charge in [0.1, 0.15) is 0 Å². The predicted octanol–water partition coefficient (Wildman–Crippen LogP) is 0.289. The Hall–Kier alpha value is -1.15. The average Bonchev–Trinajstić information content (AvgIpc) is 2.47. The van der Waals surface area contributed by atoms with Crippen molar-refractivity contribution in [2.45, 2.75) is 17.9 Å². The molecule has 1 aliphatic heterocycles. The number of rotatable bonds is 3. The molecule has 2 rings (SSSR count). The van der Waals surface area contributed by atoms with E-state index in [4.69, 9.17) is 5.73 Å². The van der Waals surface area contributed by atoms with Crippen molar-refractivity contribution in [3.63, 3.8) is 0 Å². The first-order chi connectivity index (χ1) is 9.43. The SMILES string of the molecule is CC(N)C(=O)N1CCN(S(=O)(=O)c2ccccc2)CC1.Cl. The summed E-state index contributed by atoms with van der Waals surface area (Å²) < 4.78 is 26.2. The third-order valence-corrected chi connectivity index (χ3v) is 5.23. The van der Waals surface area contributed by atoms with Crippen molar-refractivity contribution in [3.05, 3.63) is 30.3 Å². The van der Waals surface area contributed by atoms with Gasteiger partial charge in [-0.2, -0.15) is 4.31 Å². The highest BCUT2D eigenvalue weighted by Gasteiger charge is 2.30. The van der Waals surface area contributed by atoms with Gasteiger partial charge in [0.2, 0.25) is 15.9 Å². The van der Waals surface area contributed by atoms with Gasteiger partial charge in [-0.1, -0.05) is 18.2 Å². The first kappa shape index (κ1) is 17.9. The van der Waals surface area contributed by atoms with Gasteiger partial charge in [-0.15, -0.1) is 12.4 Å². The molecule has 0 radical (unpaired) electrons. The molecule has 21 heavy (non-hydrogen) atoms. The van der Waals surface area contributed by atoms with E-state index in [9.17, 15) is 13.2 Å². The van der Waals surface area contributed by atoms with Gasteiger partial charge in [-0.25, -0.2) is 8.42 Å². The van der Waals surface area contributed by atoms with E-state index in [1.165, 1.54) is 4.31 Å². The van der Waals surface area contributed by atoms with Crippen LogP contribution in [0.1, 0.15) is 6.92 Å². The fraction of sp³-hybridized carbons (Fsp3) is 0.462. The molecule has 1 atom stereocenters. The zero-order valence-electron chi connectivity index (χ0n) is 11.8. The highest BCUT2D eigenvalue weighted by atomic mass is 35.5. The number of amides is 1. The van der Waals surface area contributed by atoms with Crippen LogP contribution in [0.25, 0.3) is 0 Å². The average molecular weight is 334 g/mol. The Balaban J connectivity index is 0.00000220. The number of sulfonamides is 1. The molecule has 0 bridgehead atoms. The quantitative estimate of drug-likeness (QED) is 0.861. The van der Waals surface area contributed by atoms with Crippen LogP contribution in [0.15, 0.2) is 35.2 Å². The van der Waals surface area contributed by atoms with Crippen LogP contribution >= 0.6 is 12.4 Å². The number of benzene rings is 1. The third kappa shape index (κ3) is 3.94. The second-order valence-corrected chi connectivity index (χ2v) is 6.77. The van der Waals surface area contributed by atoms with Gasteiger partial charge in [0.05, 0.1) is 10.9 Å². The largest absolute Gasteiger partial charge is 0.339 e. The van der Waals surface area contributed by atoms with Gasteiger partial charge < -0.3 is 10.6 Å². The molecule has 1 saturated heterocycles. The lowest BCUT2D eigenvalue weighted by atomic mass is 10.2. The Labute approximate surface area is 131 Å². The maximum Gasteiger partial charge on any atom is 0.243 e. The molecule has 6 nitrogen and oxygen atoms in total. The minimum Gasteiger partial charge on any atom is -0.339 e. The number of piperazine rings is 1. The van der Waals surface area contributed by atoms with E-state index in [1.54, 1.807) is 42.2 Å². The van der Waals surface area contributed by atoms with Gasteiger partial charge in [-0.05, 0) is 19.1 Å². The molecule has 0 saturated carbocycles. The van der Waals surface area contributed by atoms with Crippen LogP contribution in [-0.4, -0.2) is 55.8 Å². The Morgan fingerprint density at radius 2 is 1.67 bits per heavy atom. The lowest BCUT2D eigenvalue weighted by Crippen LogP contribution is -2.53. The molecule has 1 aliphatic rings. The summed E-state index contributed by atoms with van der Waals surface area (Å²) in [5.41, 5.74) is 5.56. The molecule has 1 aromatic carbocycles. The molecular formula is C13H20ClN3O3S. The van der Waals surface area contributed by atoms with Gasteiger partial charge in [0.15, 0.2) is 0 Å². The zero-order chi connectivity index (χ0) is 14.8. The van der Waals surface area contributed by atoms with E-state index >= 15 is 0 Å². The number of nitrogens with zero attached hydrogens (tertiary/aromatic N) is 2. The van der Waals surface area contributed by atoms with Crippen molar-refractivity contribution >= 4 is 28.3 Å². The summed E-state index contributed by atoms with van der Waals surface area (Å²) in [7, 11) is -3.47. The summed E-state index contributed by atoms with van der Waals surface area (Å²) >= 11 is 0. The van der Waals surface area contributed by atoms with Crippen LogP contribution in [-0.2, 0) is 14.8 Å². The molecule has 1 aromatic rings. The van der Waals surface area contributed by atoms with Gasteiger partial charge >= 0.3 is 0 Å². The van der Waals surface area contributed by atoms with E-state index in [0.29, 0.717) is 26.2 Å². The van der Waals surface area contributed by atoms with Crippen LogP contribution < -0.4 is 5.73 Å². The minimum absolute atomic E-state index is 0. The maximum absolute atomic E-state index is 12.4. The molecule has 118 valence electrons. The number of hydrogen-bond acceptors (Lipinski definition) is 4. The van der Waals surface area contributed by atoms with Crippen LogP contribution in [0.5, 0.6) is 0 Å². The van der Waals surface area contributed by atoms with Crippen LogP contribution in [0.3, 0.4) is 0 Å². The Morgan fingerprint density at radius 3 is 2.14 bits per heavy atom. The summed E-state index contributed by atoms with van der Waals surface area (Å²) in [4.78, 5) is 13.7. The summed E-state index contributed by atoms with van der Waals surface area (Å²) in [5.74, 6) is -0.137. The monoisotopic (exact) mass is 333 g/mol. The molecular weight excluding hydrogens is 314 g/mol. The Morgan fingerprint density at radius 1 is 1.14 bits per heavy atom. The summed E-state index contributed by atoms with van der Waals surface area (Å²) in [6, 6.07) is 7.78. The van der Waals surface area contributed by atoms with E-state index in [-0.39, 0.29) is 23.2 Å². The summed E-state index contributed by atoms with van der Waals surface area (Å²) in [6.45, 7) is 3.00. The lowest BCUT2D eigenvalue weighted by molar-refractivity contribution is -0.133. The molecule has 8 heteroatoms. The molecule has 0 aromatic heterocycles. The molecule has 2 N–H and O–H groups in total. The zero-order valence-corrected chi connectivity index (χ0v) is 13.4. The number of halogens is 1. The van der Waals surface area contributed by atoms with Crippen molar-refractivity contribution in [2.24, 2.45) is 5.73 Å². The molecule has 0 aliphatic carbocycles. The first-order valence-corrected chi connectivity index (χ1v) is 7.96. The second kappa shape index (κ2) is 7.22. The van der Waals surface area contributed by atoms with E-state index in [0.717, 1.165) is 0 Å². The van der Waals surface area contributed by atoms with Crippen molar-refractivity contribution < 1.29 is 13.2 Å². The van der Waals surface area contributed by atoms with Crippen LogP contribution in [0.4, 0.5) is 0 Å². The highest BCUT2D eigenvalue weighted by molar-refractivity contribution is 7.89. The third-order valence-electron chi connectivity index (χ3n) is 3.32. The lowest BCUT2D eigenvalue weighted by Gasteiger charge is -2.34. The number of hydrogen-bond donors (Lipinski definition) is 1. The summed E-state index contributed by atoms with van der Waals surface area (Å²) in [6.07, 6.45) is 0. The normalized spacial score (nSPS) is 17.9. The first-order valence-electron chi connectivity index (χ1n) is 6.52. The molecule has 1 amide bonds. The fourth-order valence-electron chi connectivity index (χ4n) is 2.18. The Kier molecular flexibility index (Phi) is 6.15. The van der Waals surface area contributed by atoms with Gasteiger partial charge in [-0.3, -0.25) is 4.79 Å². The van der Waals surface area contributed by atoms with Gasteiger partial charge in [0, 0.05) is 26.2 Å². The smallest absolute Gasteiger partial charge is 0.243 e. The molecule has 1 heterocycles. The predicted molar refractivity (Wildman–Crippen MR) is 82.7 cm³/mol. The molecule has 1 fully saturated rings. The summed E-state index contributed by atoms with van der Waals surface area (Å²) in [5, 5.41) is 0. The van der Waals surface area contributed by atoms with Crippen LogP contribution in [0, 0.1) is 0 Å². The van der Waals surface area contributed by atoms with Crippen molar-refractivity contribution in [1.82, 2.24) is 9.21 Å². The number of nitrogens with two attached hydrogens (primary N) is 1. The highest BCUT2D eigenvalue weighted by Crippen LogP contribution is 2.17. The standard InChI is InChI=1S/C13H19N3O3S.ClH/c1-11(14)13(17)15-7-9-16(10-8-15)20(18,19)12-5-3-2-4-6-12;/h2-6,11H,7-10,14H2,1H3;1H. The maximum atomic E-state index is 12.4. The van der Waals surface area contributed by atoms with E-state index < -0.39 is 16.1 Å². The van der Waals surface area contributed by atoms with E-state index in [2.05, 4.69) is 0 Å². The topological polar surface area (TPSA) is 83.7 Å². The fourth-order valence-corrected chi connectivity index (χ4v) is 3.62. The molecule has 0 spiro atoms.